The Kier molecular flexibility index (Phi) is 4.68. The first-order valence-electron chi connectivity index (χ1n) is 9.62. The van der Waals surface area contributed by atoms with Gasteiger partial charge < -0.3 is 10.1 Å². The molecule has 0 aromatic carbocycles. The Morgan fingerprint density at radius 2 is 1.87 bits per heavy atom. The number of rotatable bonds is 3. The van der Waals surface area contributed by atoms with Gasteiger partial charge in [-0.3, -0.25) is 4.98 Å². The second-order valence-corrected chi connectivity index (χ2v) is 7.97. The van der Waals surface area contributed by atoms with Crippen LogP contribution in [0.2, 0.25) is 0 Å². The highest BCUT2D eigenvalue weighted by Gasteiger charge is 2.38. The first kappa shape index (κ1) is 15.6. The number of hydrogen-bond acceptors (Lipinski definition) is 3. The van der Waals surface area contributed by atoms with Gasteiger partial charge in [0, 0.05) is 36.6 Å². The quantitative estimate of drug-likeness (QED) is 0.898. The van der Waals surface area contributed by atoms with Gasteiger partial charge in [-0.25, -0.2) is 0 Å². The van der Waals surface area contributed by atoms with Crippen LogP contribution in [-0.4, -0.2) is 23.7 Å². The predicted octanol–water partition coefficient (Wildman–Crippen LogP) is 4.39. The average Bonchev–Trinajstić information content (AvgIpc) is 3.07. The molecule has 3 aliphatic rings. The van der Waals surface area contributed by atoms with Crippen molar-refractivity contribution in [2.24, 2.45) is 5.41 Å². The summed E-state index contributed by atoms with van der Waals surface area (Å²) in [4.78, 5) is 4.26. The molecule has 1 aromatic heterocycles. The van der Waals surface area contributed by atoms with Gasteiger partial charge in [-0.15, -0.1) is 0 Å². The van der Waals surface area contributed by atoms with Crippen LogP contribution in [0.5, 0.6) is 0 Å². The summed E-state index contributed by atoms with van der Waals surface area (Å²) < 4.78 is 6.00. The van der Waals surface area contributed by atoms with E-state index < -0.39 is 0 Å². The normalized spacial score (nSPS) is 31.5. The van der Waals surface area contributed by atoms with E-state index in [1.807, 2.05) is 18.5 Å². The summed E-state index contributed by atoms with van der Waals surface area (Å²) in [5, 5.41) is 3.94. The van der Waals surface area contributed by atoms with Gasteiger partial charge in [-0.2, -0.15) is 0 Å². The average molecular weight is 314 g/mol. The van der Waals surface area contributed by atoms with Crippen LogP contribution in [0.25, 0.3) is 0 Å². The third kappa shape index (κ3) is 3.46. The Bertz CT molecular complexity index is 488. The summed E-state index contributed by atoms with van der Waals surface area (Å²) in [6.45, 7) is 0.869. The molecular weight excluding hydrogens is 284 g/mol. The number of nitrogens with zero attached hydrogens (tertiary/aromatic N) is 1. The Morgan fingerprint density at radius 3 is 2.61 bits per heavy atom. The van der Waals surface area contributed by atoms with Crippen molar-refractivity contribution < 1.29 is 4.74 Å². The van der Waals surface area contributed by atoms with Crippen LogP contribution in [0, 0.1) is 5.41 Å². The van der Waals surface area contributed by atoms with Gasteiger partial charge in [-0.05, 0) is 56.4 Å². The molecule has 0 bridgehead atoms. The Balaban J connectivity index is 1.34. The van der Waals surface area contributed by atoms with Crippen molar-refractivity contribution in [1.82, 2.24) is 10.3 Å². The van der Waals surface area contributed by atoms with Crippen LogP contribution in [0.4, 0.5) is 0 Å². The van der Waals surface area contributed by atoms with E-state index in [1.165, 1.54) is 63.4 Å². The summed E-state index contributed by atoms with van der Waals surface area (Å²) >= 11 is 0. The number of ether oxygens (including phenoxy) is 1. The topological polar surface area (TPSA) is 34.1 Å². The van der Waals surface area contributed by atoms with E-state index in [-0.39, 0.29) is 6.10 Å². The van der Waals surface area contributed by atoms with E-state index in [0.29, 0.717) is 17.5 Å². The summed E-state index contributed by atoms with van der Waals surface area (Å²) in [5.74, 6) is 0. The van der Waals surface area contributed by atoms with Crippen LogP contribution in [0.15, 0.2) is 24.5 Å². The molecule has 2 aliphatic carbocycles. The fraction of sp³-hybridized carbons (Fsp3) is 0.750. The Morgan fingerprint density at radius 1 is 1.04 bits per heavy atom. The molecule has 23 heavy (non-hydrogen) atoms. The standard InChI is InChI=1S/C20H30N2O/c1-2-9-20(10-3-1)11-6-17(7-12-20)22-18-8-14-23-19(18)16-5-4-13-21-15-16/h4-5,13,15,17-19,22H,1-3,6-12,14H2/t18-,19+/m0/s1. The van der Waals surface area contributed by atoms with Crippen molar-refractivity contribution in [3.8, 4) is 0 Å². The minimum atomic E-state index is 0.189. The van der Waals surface area contributed by atoms with Gasteiger partial charge in [0.05, 0.1) is 6.10 Å². The molecule has 0 radical (unpaired) electrons. The number of aromatic nitrogens is 1. The third-order valence-corrected chi connectivity index (χ3v) is 6.51. The molecule has 3 fully saturated rings. The maximum atomic E-state index is 6.00. The maximum Gasteiger partial charge on any atom is 0.0993 e. The molecule has 1 saturated heterocycles. The van der Waals surface area contributed by atoms with E-state index >= 15 is 0 Å². The highest BCUT2D eigenvalue weighted by Crippen LogP contribution is 2.47. The van der Waals surface area contributed by atoms with Crippen molar-refractivity contribution in [1.29, 1.82) is 0 Å². The lowest BCUT2D eigenvalue weighted by Gasteiger charge is -2.44. The van der Waals surface area contributed by atoms with Crippen molar-refractivity contribution in [2.75, 3.05) is 6.61 Å². The Hall–Kier alpha value is -0.930. The molecule has 2 saturated carbocycles. The smallest absolute Gasteiger partial charge is 0.0993 e. The molecule has 3 heteroatoms. The van der Waals surface area contributed by atoms with Crippen molar-refractivity contribution >= 4 is 0 Å². The minimum absolute atomic E-state index is 0.189. The fourth-order valence-electron chi connectivity index (χ4n) is 5.13. The van der Waals surface area contributed by atoms with E-state index in [4.69, 9.17) is 4.74 Å². The molecule has 1 spiro atoms. The first-order chi connectivity index (χ1) is 11.3. The monoisotopic (exact) mass is 314 g/mol. The van der Waals surface area contributed by atoms with Gasteiger partial charge in [0.1, 0.15) is 0 Å². The summed E-state index contributed by atoms with van der Waals surface area (Å²) in [6.07, 6.45) is 18.1. The van der Waals surface area contributed by atoms with E-state index in [9.17, 15) is 0 Å². The molecule has 1 N–H and O–H groups in total. The fourth-order valence-corrected chi connectivity index (χ4v) is 5.13. The van der Waals surface area contributed by atoms with Gasteiger partial charge in [-0.1, -0.05) is 25.3 Å². The van der Waals surface area contributed by atoms with Gasteiger partial charge >= 0.3 is 0 Å². The molecule has 3 nitrogen and oxygen atoms in total. The second-order valence-electron chi connectivity index (χ2n) is 7.97. The first-order valence-corrected chi connectivity index (χ1v) is 9.62. The molecule has 4 rings (SSSR count). The molecule has 2 atom stereocenters. The van der Waals surface area contributed by atoms with Crippen LogP contribution in [-0.2, 0) is 4.74 Å². The largest absolute Gasteiger partial charge is 0.372 e. The predicted molar refractivity (Wildman–Crippen MR) is 92.2 cm³/mol. The Labute approximate surface area is 140 Å². The highest BCUT2D eigenvalue weighted by atomic mass is 16.5. The van der Waals surface area contributed by atoms with Crippen molar-refractivity contribution in [3.63, 3.8) is 0 Å². The lowest BCUT2D eigenvalue weighted by Crippen LogP contribution is -2.44. The third-order valence-electron chi connectivity index (χ3n) is 6.51. The second kappa shape index (κ2) is 6.90. The molecule has 126 valence electrons. The molecular formula is C20H30N2O. The summed E-state index contributed by atoms with van der Waals surface area (Å²) in [7, 11) is 0. The molecule has 1 aliphatic heterocycles. The number of pyridine rings is 1. The highest BCUT2D eigenvalue weighted by molar-refractivity contribution is 5.15. The summed E-state index contributed by atoms with van der Waals surface area (Å²) in [5.41, 5.74) is 1.94. The van der Waals surface area contributed by atoms with E-state index in [1.54, 1.807) is 0 Å². The van der Waals surface area contributed by atoms with Gasteiger partial charge in [0.2, 0.25) is 0 Å². The van der Waals surface area contributed by atoms with E-state index in [0.717, 1.165) is 13.0 Å². The lowest BCUT2D eigenvalue weighted by molar-refractivity contribution is 0.0805. The maximum absolute atomic E-state index is 6.00. The molecule has 2 heterocycles. The lowest BCUT2D eigenvalue weighted by atomic mass is 9.64. The van der Waals surface area contributed by atoms with Crippen LogP contribution >= 0.6 is 0 Å². The number of nitrogens with one attached hydrogen (secondary N) is 1. The zero-order valence-electron chi connectivity index (χ0n) is 14.2. The SMILES string of the molecule is c1cncc([C@H]2OCC[C@@H]2NC2CCC3(CCCCC3)CC2)c1. The van der Waals surface area contributed by atoms with Crippen LogP contribution in [0.1, 0.15) is 75.9 Å². The molecule has 0 amide bonds. The van der Waals surface area contributed by atoms with Gasteiger partial charge in [0.15, 0.2) is 0 Å². The summed E-state index contributed by atoms with van der Waals surface area (Å²) in [6, 6.07) is 5.31. The zero-order valence-corrected chi connectivity index (χ0v) is 14.2. The van der Waals surface area contributed by atoms with Crippen LogP contribution < -0.4 is 5.32 Å². The van der Waals surface area contributed by atoms with Crippen molar-refractivity contribution in [3.05, 3.63) is 30.1 Å². The molecule has 0 unspecified atom stereocenters. The van der Waals surface area contributed by atoms with Crippen molar-refractivity contribution in [2.45, 2.75) is 82.4 Å². The number of hydrogen-bond donors (Lipinski definition) is 1. The van der Waals surface area contributed by atoms with Gasteiger partial charge in [0.25, 0.3) is 0 Å². The van der Waals surface area contributed by atoms with E-state index in [2.05, 4.69) is 16.4 Å². The molecule has 1 aromatic rings. The van der Waals surface area contributed by atoms with Crippen LogP contribution in [0.3, 0.4) is 0 Å². The zero-order chi connectivity index (χ0) is 15.5. The minimum Gasteiger partial charge on any atom is -0.372 e.